The van der Waals surface area contributed by atoms with Crippen LogP contribution < -0.4 is 16.0 Å². The number of benzene rings is 1. The van der Waals surface area contributed by atoms with Crippen LogP contribution >= 0.6 is 0 Å². The van der Waals surface area contributed by atoms with Gasteiger partial charge in [0.15, 0.2) is 0 Å². The van der Waals surface area contributed by atoms with Crippen molar-refractivity contribution in [1.82, 2.24) is 9.13 Å². The molecule has 1 aromatic carbocycles. The van der Waals surface area contributed by atoms with Gasteiger partial charge in [0, 0.05) is 25.3 Å². The Hall–Kier alpha value is -3.44. The average molecular weight is 526 g/mol. The van der Waals surface area contributed by atoms with Crippen molar-refractivity contribution in [1.29, 1.82) is 0 Å². The van der Waals surface area contributed by atoms with Gasteiger partial charge in [0.25, 0.3) is 11.5 Å². The summed E-state index contributed by atoms with van der Waals surface area (Å²) in [5.74, 6) is 4.49. The van der Waals surface area contributed by atoms with Gasteiger partial charge >= 0.3 is 11.9 Å². The Kier molecular flexibility index (Phi) is 9.28. The molecule has 1 aromatic heterocycles. The predicted octanol–water partition coefficient (Wildman–Crippen LogP) is 2.04. The van der Waals surface area contributed by atoms with E-state index < -0.39 is 47.3 Å². The van der Waals surface area contributed by atoms with Gasteiger partial charge in [-0.25, -0.2) is 4.79 Å². The van der Waals surface area contributed by atoms with Crippen molar-refractivity contribution in [2.75, 3.05) is 34.2 Å². The third-order valence-electron chi connectivity index (χ3n) is 5.48. The SMILES string of the molecule is CC#CCO[C@H]1C[C@H](n2cc(C(F)(F)F)c(=O)n(C(=O)c3ccc(OC)cc3)c2=O)O[C@@H]1COCOC. The Labute approximate surface area is 209 Å². The highest BCUT2D eigenvalue weighted by Gasteiger charge is 2.41. The standard InChI is InChI=1S/C24H25F3N2O8/c1-4-5-10-36-18-11-20(37-19(18)13-35-14-33-2)28-12-17(24(25,26)27)22(31)29(23(28)32)21(30)15-6-8-16(34-3)9-7-15/h6-9,12,18-20H,10-11,13-14H2,1-3H3/t18-,19+,20+/m0/s1. The third-order valence-corrected chi connectivity index (χ3v) is 5.48. The number of carbonyl (C=O) groups is 1. The maximum Gasteiger partial charge on any atom is 0.423 e. The first-order valence-corrected chi connectivity index (χ1v) is 11.0. The number of nitrogens with zero attached hydrogens (tertiary/aromatic N) is 2. The molecular weight excluding hydrogens is 501 g/mol. The number of carbonyl (C=O) groups excluding carboxylic acids is 1. The van der Waals surface area contributed by atoms with Gasteiger partial charge in [0.05, 0.1) is 19.8 Å². The summed E-state index contributed by atoms with van der Waals surface area (Å²) in [7, 11) is 2.79. The monoisotopic (exact) mass is 526 g/mol. The molecule has 3 rings (SSSR count). The number of ether oxygens (including phenoxy) is 5. The smallest absolute Gasteiger partial charge is 0.423 e. The second-order valence-corrected chi connectivity index (χ2v) is 7.82. The summed E-state index contributed by atoms with van der Waals surface area (Å²) >= 11 is 0. The molecule has 0 bridgehead atoms. The molecule has 10 nitrogen and oxygen atoms in total. The molecule has 200 valence electrons. The van der Waals surface area contributed by atoms with Crippen molar-refractivity contribution in [3.8, 4) is 17.6 Å². The molecule has 0 saturated carbocycles. The molecule has 3 atom stereocenters. The second kappa shape index (κ2) is 12.2. The molecule has 1 aliphatic heterocycles. The van der Waals surface area contributed by atoms with E-state index in [4.69, 9.17) is 23.7 Å². The summed E-state index contributed by atoms with van der Waals surface area (Å²) in [4.78, 5) is 39.0. The highest BCUT2D eigenvalue weighted by molar-refractivity contribution is 5.95. The van der Waals surface area contributed by atoms with Crippen LogP contribution in [0.5, 0.6) is 5.75 Å². The van der Waals surface area contributed by atoms with Crippen LogP contribution in [-0.4, -0.2) is 61.5 Å². The fraction of sp³-hybridized carbons (Fsp3) is 0.458. The first-order valence-electron chi connectivity index (χ1n) is 11.0. The number of alkyl halides is 3. The fourth-order valence-corrected chi connectivity index (χ4v) is 3.68. The van der Waals surface area contributed by atoms with E-state index in [2.05, 4.69) is 11.8 Å². The van der Waals surface area contributed by atoms with Crippen LogP contribution in [0.25, 0.3) is 0 Å². The van der Waals surface area contributed by atoms with Crippen molar-refractivity contribution in [2.45, 2.75) is 38.0 Å². The van der Waals surface area contributed by atoms with E-state index in [-0.39, 0.29) is 36.6 Å². The lowest BCUT2D eigenvalue weighted by Gasteiger charge is -2.19. The molecule has 37 heavy (non-hydrogen) atoms. The van der Waals surface area contributed by atoms with Crippen LogP contribution in [0.1, 0.15) is 35.5 Å². The van der Waals surface area contributed by atoms with Crippen LogP contribution in [0.4, 0.5) is 13.2 Å². The van der Waals surface area contributed by atoms with Crippen molar-refractivity contribution in [3.05, 3.63) is 62.4 Å². The quantitative estimate of drug-likeness (QED) is 0.278. The van der Waals surface area contributed by atoms with E-state index in [1.165, 1.54) is 38.5 Å². The number of methoxy groups -OCH3 is 2. The summed E-state index contributed by atoms with van der Waals surface area (Å²) in [6.45, 7) is 1.49. The van der Waals surface area contributed by atoms with Crippen molar-refractivity contribution in [2.24, 2.45) is 0 Å². The molecule has 0 aliphatic carbocycles. The van der Waals surface area contributed by atoms with E-state index in [0.717, 1.165) is 0 Å². The van der Waals surface area contributed by atoms with Crippen LogP contribution in [0.15, 0.2) is 40.1 Å². The van der Waals surface area contributed by atoms with Crippen LogP contribution in [0.2, 0.25) is 0 Å². The van der Waals surface area contributed by atoms with Gasteiger partial charge in [-0.3, -0.25) is 14.2 Å². The first kappa shape index (κ1) is 28.1. The molecule has 1 saturated heterocycles. The van der Waals surface area contributed by atoms with E-state index >= 15 is 0 Å². The first-order chi connectivity index (χ1) is 17.6. The topological polar surface area (TPSA) is 107 Å². The minimum absolute atomic E-state index is 0.0101. The zero-order chi connectivity index (χ0) is 27.2. The molecule has 2 heterocycles. The third kappa shape index (κ3) is 6.47. The molecule has 1 fully saturated rings. The van der Waals surface area contributed by atoms with Gasteiger partial charge in [0.2, 0.25) is 0 Å². The minimum atomic E-state index is -5.15. The molecule has 0 amide bonds. The molecule has 0 N–H and O–H groups in total. The largest absolute Gasteiger partial charge is 0.497 e. The highest BCUT2D eigenvalue weighted by atomic mass is 19.4. The number of hydrogen-bond acceptors (Lipinski definition) is 8. The molecule has 2 aromatic rings. The molecule has 13 heteroatoms. The predicted molar refractivity (Wildman–Crippen MR) is 122 cm³/mol. The molecule has 0 spiro atoms. The number of aromatic nitrogens is 2. The Balaban J connectivity index is 2.06. The van der Waals surface area contributed by atoms with E-state index in [0.29, 0.717) is 16.5 Å². The summed E-state index contributed by atoms with van der Waals surface area (Å²) in [5.41, 5.74) is -4.98. The van der Waals surface area contributed by atoms with Crippen molar-refractivity contribution >= 4 is 5.91 Å². The van der Waals surface area contributed by atoms with Crippen LogP contribution in [0, 0.1) is 11.8 Å². The zero-order valence-electron chi connectivity index (χ0n) is 20.2. The number of hydrogen-bond donors (Lipinski definition) is 0. The van der Waals surface area contributed by atoms with Crippen molar-refractivity contribution < 1.29 is 41.7 Å². The van der Waals surface area contributed by atoms with Gasteiger partial charge in [0.1, 0.15) is 37.0 Å². The van der Waals surface area contributed by atoms with Gasteiger partial charge in [-0.15, -0.1) is 5.92 Å². The summed E-state index contributed by atoms with van der Waals surface area (Å²) < 4.78 is 68.5. The van der Waals surface area contributed by atoms with Gasteiger partial charge < -0.3 is 23.7 Å². The lowest BCUT2D eigenvalue weighted by atomic mass is 10.2. The Morgan fingerprint density at radius 1 is 1.19 bits per heavy atom. The maximum atomic E-state index is 13.8. The summed E-state index contributed by atoms with van der Waals surface area (Å²) in [6.07, 6.45) is -7.66. The normalized spacial score (nSPS) is 19.4. The Morgan fingerprint density at radius 3 is 2.49 bits per heavy atom. The van der Waals surface area contributed by atoms with E-state index in [1.54, 1.807) is 6.92 Å². The van der Waals surface area contributed by atoms with E-state index in [9.17, 15) is 27.6 Å². The second-order valence-electron chi connectivity index (χ2n) is 7.82. The molecular formula is C24H25F3N2O8. The zero-order valence-corrected chi connectivity index (χ0v) is 20.2. The minimum Gasteiger partial charge on any atom is -0.497 e. The Bertz CT molecular complexity index is 1270. The van der Waals surface area contributed by atoms with Crippen LogP contribution in [0.3, 0.4) is 0 Å². The number of halogens is 3. The maximum absolute atomic E-state index is 13.8. The molecule has 0 unspecified atom stereocenters. The highest BCUT2D eigenvalue weighted by Crippen LogP contribution is 2.32. The lowest BCUT2D eigenvalue weighted by molar-refractivity contribution is -0.140. The number of rotatable bonds is 9. The van der Waals surface area contributed by atoms with Gasteiger partial charge in [-0.05, 0) is 31.2 Å². The molecule has 1 aliphatic rings. The molecule has 0 radical (unpaired) electrons. The van der Waals surface area contributed by atoms with Crippen LogP contribution in [-0.2, 0) is 25.1 Å². The van der Waals surface area contributed by atoms with Crippen molar-refractivity contribution in [3.63, 3.8) is 0 Å². The average Bonchev–Trinajstić information content (AvgIpc) is 3.26. The summed E-state index contributed by atoms with van der Waals surface area (Å²) in [5, 5.41) is 0. The van der Waals surface area contributed by atoms with Gasteiger partial charge in [-0.2, -0.15) is 17.7 Å². The van der Waals surface area contributed by atoms with E-state index in [1.807, 2.05) is 0 Å². The summed E-state index contributed by atoms with van der Waals surface area (Å²) in [6, 6.07) is 5.20. The Morgan fingerprint density at radius 2 is 1.89 bits per heavy atom. The fourth-order valence-electron chi connectivity index (χ4n) is 3.68. The van der Waals surface area contributed by atoms with Gasteiger partial charge in [-0.1, -0.05) is 5.92 Å². The lowest BCUT2D eigenvalue weighted by Crippen LogP contribution is -2.47.